The van der Waals surface area contributed by atoms with Gasteiger partial charge in [0.15, 0.2) is 0 Å². The van der Waals surface area contributed by atoms with Gasteiger partial charge in [-0.15, -0.1) is 0 Å². The number of rotatable bonds is 7. The van der Waals surface area contributed by atoms with Crippen molar-refractivity contribution in [2.75, 3.05) is 24.7 Å². The van der Waals surface area contributed by atoms with Gasteiger partial charge >= 0.3 is 5.13 Å². The van der Waals surface area contributed by atoms with Crippen molar-refractivity contribution in [2.24, 2.45) is 10.2 Å². The fourth-order valence-electron chi connectivity index (χ4n) is 2.09. The molecule has 1 aromatic heterocycles. The topological polar surface area (TPSA) is 86.2 Å². The molecule has 0 amide bonds. The number of hydrogen-bond donors (Lipinski definition) is 1. The summed E-state index contributed by atoms with van der Waals surface area (Å²) in [5.41, 5.74) is 2.81. The molecule has 9 heteroatoms. The van der Waals surface area contributed by atoms with Crippen molar-refractivity contribution in [2.45, 2.75) is 19.9 Å². The summed E-state index contributed by atoms with van der Waals surface area (Å²) in [5, 5.41) is 11.1. The van der Waals surface area contributed by atoms with E-state index in [1.54, 1.807) is 0 Å². The number of benzene rings is 1. The average Bonchev–Trinajstić information content (AvgIpc) is 2.85. The van der Waals surface area contributed by atoms with Crippen LogP contribution in [-0.2, 0) is 16.7 Å². The smallest absolute Gasteiger partial charge is 0.378 e. The predicted octanol–water partition coefficient (Wildman–Crippen LogP) is 3.10. The summed E-state index contributed by atoms with van der Waals surface area (Å²) in [7, 11) is 0.00790. The predicted molar refractivity (Wildman–Crippen MR) is 95.2 cm³/mol. The average molecular weight is 369 g/mol. The van der Waals surface area contributed by atoms with E-state index < -0.39 is 10.1 Å². The number of azo groups is 1. The zero-order valence-corrected chi connectivity index (χ0v) is 15.5. The maximum Gasteiger partial charge on any atom is 0.408 e. The molecule has 0 aliphatic carbocycles. The summed E-state index contributed by atoms with van der Waals surface area (Å²) in [6, 6.07) is 7.71. The Morgan fingerprint density at radius 3 is 2.46 bits per heavy atom. The normalized spacial score (nSPS) is 12.0. The highest BCUT2D eigenvalue weighted by Crippen LogP contribution is 2.22. The molecule has 0 aliphatic rings. The number of thiazole rings is 1. The molecule has 0 bridgehead atoms. The molecule has 2 rings (SSSR count). The summed E-state index contributed by atoms with van der Waals surface area (Å²) < 4.78 is 32.4. The summed E-state index contributed by atoms with van der Waals surface area (Å²) in [5.74, 6) is -0.266. The lowest BCUT2D eigenvalue weighted by atomic mass is 10.3. The standard InChI is InChI=1S/C15H20N4O3S2/c1-12-11-23-15(19(12)9-4-10-24(20,21)22)17-16-13-5-7-14(8-6-13)18(2)3/h5-8,11H,4,9-10H2,1-3H3/p+1. The molecule has 0 saturated heterocycles. The first kappa shape index (κ1) is 18.5. The van der Waals surface area contributed by atoms with E-state index in [0.29, 0.717) is 18.1 Å². The Kier molecular flexibility index (Phi) is 6.03. The minimum atomic E-state index is -3.94. The molecule has 130 valence electrons. The van der Waals surface area contributed by atoms with Crippen molar-refractivity contribution in [3.8, 4) is 0 Å². The van der Waals surface area contributed by atoms with Gasteiger partial charge in [0.05, 0.1) is 17.4 Å². The van der Waals surface area contributed by atoms with Crippen LogP contribution < -0.4 is 9.47 Å². The minimum Gasteiger partial charge on any atom is -0.378 e. The number of anilines is 1. The monoisotopic (exact) mass is 369 g/mol. The van der Waals surface area contributed by atoms with Crippen LogP contribution in [0, 0.1) is 6.92 Å². The molecule has 0 radical (unpaired) electrons. The van der Waals surface area contributed by atoms with Crippen LogP contribution in [0.4, 0.5) is 16.5 Å². The number of aromatic nitrogens is 1. The van der Waals surface area contributed by atoms with Crippen molar-refractivity contribution in [1.82, 2.24) is 0 Å². The van der Waals surface area contributed by atoms with Crippen LogP contribution in [0.15, 0.2) is 39.9 Å². The number of hydrogen-bond acceptors (Lipinski definition) is 6. The van der Waals surface area contributed by atoms with Crippen molar-refractivity contribution < 1.29 is 17.5 Å². The summed E-state index contributed by atoms with van der Waals surface area (Å²) in [4.78, 5) is 2.01. The Morgan fingerprint density at radius 2 is 1.88 bits per heavy atom. The van der Waals surface area contributed by atoms with Gasteiger partial charge in [0.2, 0.25) is 0 Å². The first-order valence-corrected chi connectivity index (χ1v) is 9.87. The molecule has 1 aromatic carbocycles. The van der Waals surface area contributed by atoms with Crippen LogP contribution in [0.3, 0.4) is 0 Å². The molecule has 1 heterocycles. The molecule has 0 aliphatic heterocycles. The molecule has 0 saturated carbocycles. The van der Waals surface area contributed by atoms with E-state index in [1.165, 1.54) is 11.3 Å². The SMILES string of the molecule is Cc1csc(N=Nc2ccc(N(C)C)cc2)[n+]1CCCS(=O)(=O)O. The largest absolute Gasteiger partial charge is 0.408 e. The second kappa shape index (κ2) is 7.82. The summed E-state index contributed by atoms with van der Waals surface area (Å²) in [6.45, 7) is 2.39. The molecular formula is C15H21N4O3S2+. The van der Waals surface area contributed by atoms with Crippen molar-refractivity contribution in [1.29, 1.82) is 0 Å². The lowest BCUT2D eigenvalue weighted by molar-refractivity contribution is -0.686. The van der Waals surface area contributed by atoms with Gasteiger partial charge in [-0.3, -0.25) is 4.55 Å². The third-order valence-corrected chi connectivity index (χ3v) is 5.17. The van der Waals surface area contributed by atoms with Crippen LogP contribution in [0.25, 0.3) is 0 Å². The third-order valence-electron chi connectivity index (χ3n) is 3.39. The van der Waals surface area contributed by atoms with Gasteiger partial charge in [0.25, 0.3) is 10.1 Å². The minimum absolute atomic E-state index is 0.266. The molecule has 0 unspecified atom stereocenters. The van der Waals surface area contributed by atoms with Gasteiger partial charge in [-0.1, -0.05) is 0 Å². The van der Waals surface area contributed by atoms with E-state index in [2.05, 4.69) is 10.2 Å². The molecular weight excluding hydrogens is 348 g/mol. The molecule has 0 fully saturated rings. The van der Waals surface area contributed by atoms with E-state index >= 15 is 0 Å². The van der Waals surface area contributed by atoms with E-state index in [1.807, 2.05) is 60.1 Å². The molecule has 2 aromatic rings. The summed E-state index contributed by atoms with van der Waals surface area (Å²) >= 11 is 1.44. The van der Waals surface area contributed by atoms with E-state index in [-0.39, 0.29) is 5.75 Å². The second-order valence-electron chi connectivity index (χ2n) is 5.56. The lowest BCUT2D eigenvalue weighted by Gasteiger charge is -2.11. The fraction of sp³-hybridized carbons (Fsp3) is 0.400. The Morgan fingerprint density at radius 1 is 1.21 bits per heavy atom. The first-order valence-electron chi connectivity index (χ1n) is 7.38. The van der Waals surface area contributed by atoms with Crippen molar-refractivity contribution >= 4 is 38.0 Å². The molecule has 7 nitrogen and oxygen atoms in total. The van der Waals surface area contributed by atoms with Crippen LogP contribution >= 0.6 is 11.3 Å². The number of nitrogens with zero attached hydrogens (tertiary/aromatic N) is 4. The van der Waals surface area contributed by atoms with Gasteiger partial charge in [-0.25, -0.2) is 4.57 Å². The fourth-order valence-corrected chi connectivity index (χ4v) is 3.44. The zero-order valence-electron chi connectivity index (χ0n) is 13.9. The van der Waals surface area contributed by atoms with Crippen molar-refractivity contribution in [3.05, 3.63) is 35.3 Å². The van der Waals surface area contributed by atoms with Gasteiger partial charge in [-0.05, 0) is 47.6 Å². The van der Waals surface area contributed by atoms with E-state index in [0.717, 1.165) is 17.1 Å². The Balaban J connectivity index is 2.09. The first-order chi connectivity index (χ1) is 11.3. The lowest BCUT2D eigenvalue weighted by Crippen LogP contribution is -2.35. The Bertz CT molecular complexity index is 812. The molecule has 0 atom stereocenters. The van der Waals surface area contributed by atoms with Crippen molar-refractivity contribution in [3.63, 3.8) is 0 Å². The molecule has 24 heavy (non-hydrogen) atoms. The van der Waals surface area contributed by atoms with Gasteiger partial charge in [-0.2, -0.15) is 8.42 Å². The third kappa shape index (κ3) is 5.36. The molecule has 0 spiro atoms. The number of aryl methyl sites for hydroxylation is 1. The van der Waals surface area contributed by atoms with Crippen LogP contribution in [-0.4, -0.2) is 32.8 Å². The Hall–Kier alpha value is -1.84. The van der Waals surface area contributed by atoms with Crippen LogP contribution in [0.2, 0.25) is 0 Å². The maximum absolute atomic E-state index is 10.8. The highest BCUT2D eigenvalue weighted by molar-refractivity contribution is 7.85. The maximum atomic E-state index is 10.8. The highest BCUT2D eigenvalue weighted by atomic mass is 32.2. The van der Waals surface area contributed by atoms with Gasteiger partial charge < -0.3 is 4.90 Å². The van der Waals surface area contributed by atoms with Gasteiger partial charge in [0.1, 0.15) is 11.4 Å². The molecule has 1 N–H and O–H groups in total. The highest BCUT2D eigenvalue weighted by Gasteiger charge is 2.17. The zero-order chi connectivity index (χ0) is 17.7. The van der Waals surface area contributed by atoms with Crippen LogP contribution in [0.1, 0.15) is 12.1 Å². The second-order valence-corrected chi connectivity index (χ2v) is 7.97. The van der Waals surface area contributed by atoms with Crippen LogP contribution in [0.5, 0.6) is 0 Å². The van der Waals surface area contributed by atoms with E-state index in [4.69, 9.17) is 4.55 Å². The van der Waals surface area contributed by atoms with E-state index in [9.17, 15) is 8.42 Å². The van der Waals surface area contributed by atoms with Gasteiger partial charge in [0, 0.05) is 31.6 Å². The summed E-state index contributed by atoms with van der Waals surface area (Å²) in [6.07, 6.45) is 0.321. The quantitative estimate of drug-likeness (QED) is 0.461. The Labute approximate surface area is 146 Å².